The second-order valence-electron chi connectivity index (χ2n) is 4.79. The van der Waals surface area contributed by atoms with Crippen molar-refractivity contribution in [3.8, 4) is 0 Å². The van der Waals surface area contributed by atoms with Gasteiger partial charge in [-0.1, -0.05) is 26.7 Å². The molecule has 0 aromatic carbocycles. The van der Waals surface area contributed by atoms with E-state index >= 15 is 0 Å². The summed E-state index contributed by atoms with van der Waals surface area (Å²) in [6.45, 7) is 6.06. The number of hydrogen-bond acceptors (Lipinski definition) is 2. The van der Waals surface area contributed by atoms with Crippen molar-refractivity contribution in [2.24, 2.45) is 5.92 Å². The van der Waals surface area contributed by atoms with E-state index in [0.29, 0.717) is 12.5 Å². The van der Waals surface area contributed by atoms with Crippen LogP contribution in [0.25, 0.3) is 0 Å². The maximum Gasteiger partial charge on any atom is 0.220 e. The van der Waals surface area contributed by atoms with Gasteiger partial charge in [-0.25, -0.2) is 0 Å². The molecule has 0 aliphatic heterocycles. The van der Waals surface area contributed by atoms with E-state index in [4.69, 9.17) is 0 Å². The molecular weight excluding hydrogens is 188 g/mol. The number of carbonyl (C=O) groups is 1. The van der Waals surface area contributed by atoms with Gasteiger partial charge in [-0.3, -0.25) is 4.79 Å². The average molecular weight is 212 g/mol. The maximum absolute atomic E-state index is 11.4. The predicted octanol–water partition coefficient (Wildman–Crippen LogP) is 1.68. The van der Waals surface area contributed by atoms with Crippen molar-refractivity contribution in [2.75, 3.05) is 13.1 Å². The quantitative estimate of drug-likeness (QED) is 0.601. The Hall–Kier alpha value is -0.570. The molecule has 1 aliphatic carbocycles. The number of amides is 1. The first kappa shape index (κ1) is 12.5. The predicted molar refractivity (Wildman–Crippen MR) is 62.7 cm³/mol. The van der Waals surface area contributed by atoms with Crippen molar-refractivity contribution in [2.45, 2.75) is 52.0 Å². The molecule has 88 valence electrons. The molecular formula is C12H24N2O. The van der Waals surface area contributed by atoms with Crippen molar-refractivity contribution >= 4 is 5.91 Å². The molecule has 1 aliphatic rings. The summed E-state index contributed by atoms with van der Waals surface area (Å²) in [7, 11) is 0. The van der Waals surface area contributed by atoms with Gasteiger partial charge in [0.1, 0.15) is 0 Å². The zero-order valence-corrected chi connectivity index (χ0v) is 10.0. The van der Waals surface area contributed by atoms with Crippen LogP contribution in [0.3, 0.4) is 0 Å². The highest BCUT2D eigenvalue weighted by atomic mass is 16.1. The Balaban J connectivity index is 1.84. The molecule has 0 heterocycles. The summed E-state index contributed by atoms with van der Waals surface area (Å²) in [6.07, 6.45) is 5.51. The Kier molecular flexibility index (Phi) is 5.69. The van der Waals surface area contributed by atoms with Gasteiger partial charge in [0, 0.05) is 19.0 Å². The Morgan fingerprint density at radius 3 is 2.67 bits per heavy atom. The molecule has 0 saturated heterocycles. The van der Waals surface area contributed by atoms with E-state index in [1.807, 2.05) is 0 Å². The van der Waals surface area contributed by atoms with E-state index in [0.717, 1.165) is 25.4 Å². The largest absolute Gasteiger partial charge is 0.356 e. The molecule has 0 spiro atoms. The molecule has 1 amide bonds. The topological polar surface area (TPSA) is 41.1 Å². The lowest BCUT2D eigenvalue weighted by molar-refractivity contribution is -0.121. The van der Waals surface area contributed by atoms with Crippen molar-refractivity contribution in [3.63, 3.8) is 0 Å². The third-order valence-corrected chi connectivity index (χ3v) is 2.70. The third-order valence-electron chi connectivity index (χ3n) is 2.70. The van der Waals surface area contributed by atoms with Crippen LogP contribution in [0.2, 0.25) is 0 Å². The average Bonchev–Trinajstić information content (AvgIpc) is 2.96. The molecule has 0 radical (unpaired) electrons. The number of nitrogens with one attached hydrogen (secondary N) is 2. The maximum atomic E-state index is 11.4. The van der Waals surface area contributed by atoms with Gasteiger partial charge in [-0.15, -0.1) is 0 Å². The molecule has 2 N–H and O–H groups in total. The van der Waals surface area contributed by atoms with Gasteiger partial charge in [0.2, 0.25) is 5.91 Å². The van der Waals surface area contributed by atoms with E-state index < -0.39 is 0 Å². The molecule has 1 rings (SSSR count). The Labute approximate surface area is 93.0 Å². The van der Waals surface area contributed by atoms with E-state index in [1.54, 1.807) is 0 Å². The molecule has 15 heavy (non-hydrogen) atoms. The number of hydrogen-bond donors (Lipinski definition) is 2. The third kappa shape index (κ3) is 7.37. The molecule has 0 aromatic rings. The second-order valence-corrected chi connectivity index (χ2v) is 4.79. The van der Waals surface area contributed by atoms with Gasteiger partial charge < -0.3 is 10.6 Å². The van der Waals surface area contributed by atoms with Crippen LogP contribution in [-0.4, -0.2) is 25.0 Å². The summed E-state index contributed by atoms with van der Waals surface area (Å²) in [4.78, 5) is 11.4. The van der Waals surface area contributed by atoms with Crippen LogP contribution in [0.1, 0.15) is 46.0 Å². The van der Waals surface area contributed by atoms with Gasteiger partial charge in [0.05, 0.1) is 0 Å². The zero-order valence-electron chi connectivity index (χ0n) is 10.0. The first-order valence-electron chi connectivity index (χ1n) is 6.18. The summed E-state index contributed by atoms with van der Waals surface area (Å²) in [6, 6.07) is 0.517. The van der Waals surface area contributed by atoms with E-state index in [1.165, 1.54) is 19.3 Å². The van der Waals surface area contributed by atoms with E-state index in [2.05, 4.69) is 24.5 Å². The Morgan fingerprint density at radius 2 is 2.07 bits per heavy atom. The van der Waals surface area contributed by atoms with Crippen molar-refractivity contribution in [1.82, 2.24) is 10.6 Å². The van der Waals surface area contributed by atoms with Crippen LogP contribution in [0.5, 0.6) is 0 Å². The molecule has 0 bridgehead atoms. The van der Waals surface area contributed by atoms with Crippen LogP contribution in [-0.2, 0) is 4.79 Å². The minimum absolute atomic E-state index is 0.209. The lowest BCUT2D eigenvalue weighted by Gasteiger charge is -2.08. The van der Waals surface area contributed by atoms with Gasteiger partial charge in [-0.05, 0) is 25.3 Å². The highest BCUT2D eigenvalue weighted by Crippen LogP contribution is 2.31. The fourth-order valence-corrected chi connectivity index (χ4v) is 1.55. The van der Waals surface area contributed by atoms with Gasteiger partial charge >= 0.3 is 0 Å². The van der Waals surface area contributed by atoms with E-state index in [9.17, 15) is 4.79 Å². The summed E-state index contributed by atoms with van der Waals surface area (Å²) < 4.78 is 0. The molecule has 3 heteroatoms. The first-order valence-corrected chi connectivity index (χ1v) is 6.18. The minimum atomic E-state index is 0.209. The zero-order chi connectivity index (χ0) is 11.1. The normalized spacial score (nSPS) is 15.7. The molecule has 1 fully saturated rings. The van der Waals surface area contributed by atoms with Crippen LogP contribution in [0, 0.1) is 5.92 Å². The van der Waals surface area contributed by atoms with Crippen molar-refractivity contribution in [3.05, 3.63) is 0 Å². The summed E-state index contributed by atoms with van der Waals surface area (Å²) >= 11 is 0. The molecule has 1 saturated carbocycles. The molecule has 0 atom stereocenters. The molecule has 0 unspecified atom stereocenters. The van der Waals surface area contributed by atoms with Crippen molar-refractivity contribution < 1.29 is 4.79 Å². The number of rotatable bonds is 8. The van der Waals surface area contributed by atoms with Crippen molar-refractivity contribution in [1.29, 1.82) is 0 Å². The fourth-order valence-electron chi connectivity index (χ4n) is 1.55. The molecule has 0 aromatic heterocycles. The Morgan fingerprint density at radius 1 is 1.33 bits per heavy atom. The lowest BCUT2D eigenvalue weighted by Crippen LogP contribution is -2.27. The van der Waals surface area contributed by atoms with Crippen LogP contribution < -0.4 is 10.6 Å². The van der Waals surface area contributed by atoms with Gasteiger partial charge in [0.15, 0.2) is 0 Å². The standard InChI is InChI=1S/C12H24N2O/c1-10(2)13-8-3-4-12(15)14-9-7-11-5-6-11/h10-11,13H,3-9H2,1-2H3,(H,14,15). The molecule has 3 nitrogen and oxygen atoms in total. The van der Waals surface area contributed by atoms with Crippen LogP contribution >= 0.6 is 0 Å². The van der Waals surface area contributed by atoms with Crippen LogP contribution in [0.4, 0.5) is 0 Å². The summed E-state index contributed by atoms with van der Waals surface area (Å²) in [5, 5.41) is 6.28. The van der Waals surface area contributed by atoms with Gasteiger partial charge in [-0.2, -0.15) is 0 Å². The first-order chi connectivity index (χ1) is 7.18. The lowest BCUT2D eigenvalue weighted by atomic mass is 10.2. The second kappa shape index (κ2) is 6.83. The van der Waals surface area contributed by atoms with E-state index in [-0.39, 0.29) is 5.91 Å². The summed E-state index contributed by atoms with van der Waals surface area (Å²) in [5.41, 5.74) is 0. The minimum Gasteiger partial charge on any atom is -0.356 e. The highest BCUT2D eigenvalue weighted by molar-refractivity contribution is 5.75. The smallest absolute Gasteiger partial charge is 0.220 e. The SMILES string of the molecule is CC(C)NCCCC(=O)NCCC1CC1. The summed E-state index contributed by atoms with van der Waals surface area (Å²) in [5.74, 6) is 1.12. The van der Waals surface area contributed by atoms with Gasteiger partial charge in [0.25, 0.3) is 0 Å². The van der Waals surface area contributed by atoms with Crippen LogP contribution in [0.15, 0.2) is 0 Å². The number of carbonyl (C=O) groups excluding carboxylic acids is 1. The Bertz CT molecular complexity index is 188. The highest BCUT2D eigenvalue weighted by Gasteiger charge is 2.20. The monoisotopic (exact) mass is 212 g/mol. The fraction of sp³-hybridized carbons (Fsp3) is 0.917.